The molecule has 2 aromatic rings. The number of amides is 2. The van der Waals surface area contributed by atoms with Crippen molar-refractivity contribution in [2.75, 3.05) is 13.2 Å². The molecular weight excluding hydrogens is 476 g/mol. The smallest absolute Gasteiger partial charge is 0.259 e. The second kappa shape index (κ2) is 9.36. The first-order chi connectivity index (χ1) is 16.3. The van der Waals surface area contributed by atoms with Crippen molar-refractivity contribution < 1.29 is 19.1 Å². The van der Waals surface area contributed by atoms with Gasteiger partial charge in [0.25, 0.3) is 5.91 Å². The van der Waals surface area contributed by atoms with Gasteiger partial charge < -0.3 is 15.4 Å². The van der Waals surface area contributed by atoms with Crippen LogP contribution in [0.4, 0.5) is 0 Å². The number of ether oxygens (including phenoxy) is 1. The van der Waals surface area contributed by atoms with E-state index in [9.17, 15) is 14.4 Å². The molecule has 0 bridgehead atoms. The lowest BCUT2D eigenvalue weighted by Crippen LogP contribution is -2.46. The van der Waals surface area contributed by atoms with Gasteiger partial charge in [-0.25, -0.2) is 0 Å². The summed E-state index contributed by atoms with van der Waals surface area (Å²) in [4.78, 5) is 41.9. The molecule has 1 aliphatic carbocycles. The number of hydrogen-bond donors (Lipinski definition) is 1. The topological polar surface area (TPSA) is 115 Å². The zero-order valence-electron chi connectivity index (χ0n) is 18.9. The van der Waals surface area contributed by atoms with Gasteiger partial charge in [0.2, 0.25) is 5.91 Å². The number of thiophene rings is 1. The highest BCUT2D eigenvalue weighted by molar-refractivity contribution is 7.17. The number of hydrogen-bond acceptors (Lipinski definition) is 7. The molecule has 2 aliphatic heterocycles. The van der Waals surface area contributed by atoms with Crippen LogP contribution in [0.5, 0.6) is 0 Å². The molecule has 3 aliphatic rings. The van der Waals surface area contributed by atoms with E-state index in [-0.39, 0.29) is 30.8 Å². The highest BCUT2D eigenvalue weighted by Crippen LogP contribution is 2.44. The van der Waals surface area contributed by atoms with E-state index >= 15 is 0 Å². The van der Waals surface area contributed by atoms with Crippen LogP contribution in [0.1, 0.15) is 59.0 Å². The van der Waals surface area contributed by atoms with Gasteiger partial charge in [0, 0.05) is 6.54 Å². The van der Waals surface area contributed by atoms with E-state index in [0.29, 0.717) is 16.1 Å². The zero-order chi connectivity index (χ0) is 24.0. The van der Waals surface area contributed by atoms with Gasteiger partial charge in [0.15, 0.2) is 5.78 Å². The Bertz CT molecular complexity index is 1110. The largest absolute Gasteiger partial charge is 0.366 e. The Kier molecular flexibility index (Phi) is 6.43. The van der Waals surface area contributed by atoms with E-state index in [2.05, 4.69) is 10.2 Å². The molecule has 4 heterocycles. The fourth-order valence-electron chi connectivity index (χ4n) is 5.54. The van der Waals surface area contributed by atoms with Crippen molar-refractivity contribution in [1.82, 2.24) is 15.1 Å². The second-order valence-electron chi connectivity index (χ2n) is 9.39. The minimum atomic E-state index is -0.667. The van der Waals surface area contributed by atoms with E-state index in [0.717, 1.165) is 42.7 Å². The summed E-state index contributed by atoms with van der Waals surface area (Å²) >= 11 is 7.71. The van der Waals surface area contributed by atoms with E-state index < -0.39 is 29.3 Å². The lowest BCUT2D eigenvalue weighted by atomic mass is 9.76. The van der Waals surface area contributed by atoms with E-state index in [4.69, 9.17) is 22.1 Å². The third kappa shape index (κ3) is 4.14. The molecule has 0 radical (unpaired) electrons. The maximum atomic E-state index is 14.1. The van der Waals surface area contributed by atoms with Crippen LogP contribution in [-0.2, 0) is 14.3 Å². The third-order valence-corrected chi connectivity index (χ3v) is 8.74. The molecule has 2 amide bonds. The number of fused-ring (bicyclic) bond motifs is 1. The van der Waals surface area contributed by atoms with Crippen molar-refractivity contribution in [2.45, 2.75) is 62.5 Å². The van der Waals surface area contributed by atoms with Crippen LogP contribution in [0.25, 0.3) is 10.6 Å². The minimum absolute atomic E-state index is 0.0301. The van der Waals surface area contributed by atoms with Crippen molar-refractivity contribution in [3.05, 3.63) is 34.3 Å². The quantitative estimate of drug-likeness (QED) is 0.628. The molecule has 3 fully saturated rings. The second-order valence-corrected chi connectivity index (χ2v) is 11.0. The number of alkyl halides is 1. The number of carbonyl (C=O) groups excluding carboxylic acids is 3. The van der Waals surface area contributed by atoms with Crippen LogP contribution in [0, 0.1) is 12.8 Å². The number of primary amides is 1. The van der Waals surface area contributed by atoms with Gasteiger partial charge in [-0.3, -0.25) is 14.4 Å². The summed E-state index contributed by atoms with van der Waals surface area (Å²) in [6.45, 7) is 2.07. The third-order valence-electron chi connectivity index (χ3n) is 7.16. The van der Waals surface area contributed by atoms with Gasteiger partial charge in [-0.15, -0.1) is 28.0 Å². The summed E-state index contributed by atoms with van der Waals surface area (Å²) in [6, 6.07) is 4.89. The van der Waals surface area contributed by atoms with Gasteiger partial charge >= 0.3 is 0 Å². The van der Waals surface area contributed by atoms with Crippen LogP contribution >= 0.6 is 22.9 Å². The number of nitrogens with zero attached hydrogens (tertiary/aromatic N) is 3. The Labute approximate surface area is 206 Å². The number of aromatic nitrogens is 2. The molecular formula is C24H27ClN4O4S. The van der Waals surface area contributed by atoms with E-state index in [1.54, 1.807) is 4.90 Å². The molecule has 2 N–H and O–H groups in total. The number of Topliss-reactive ketones (excluding diaryl/α,β-unsaturated/α-hetero) is 1. The van der Waals surface area contributed by atoms with Crippen LogP contribution in [0.2, 0.25) is 0 Å². The van der Waals surface area contributed by atoms with Crippen LogP contribution in [0.3, 0.4) is 0 Å². The number of carbonyl (C=O) groups is 3. The lowest BCUT2D eigenvalue weighted by Gasteiger charge is -2.34. The molecule has 0 unspecified atom stereocenters. The first-order valence-electron chi connectivity index (χ1n) is 11.7. The molecule has 0 aromatic carbocycles. The normalized spacial score (nSPS) is 26.0. The molecule has 10 heteroatoms. The summed E-state index contributed by atoms with van der Waals surface area (Å²) in [5, 5.41) is 7.94. The van der Waals surface area contributed by atoms with Crippen LogP contribution in [-0.4, -0.2) is 63.4 Å². The zero-order valence-corrected chi connectivity index (χ0v) is 20.5. The first kappa shape index (κ1) is 23.4. The predicted molar refractivity (Wildman–Crippen MR) is 128 cm³/mol. The number of rotatable bonds is 5. The number of nitrogens with two attached hydrogens (primary N) is 1. The molecule has 5 rings (SSSR count). The van der Waals surface area contributed by atoms with Gasteiger partial charge in [0.05, 0.1) is 26.7 Å². The van der Waals surface area contributed by atoms with Crippen molar-refractivity contribution in [3.63, 3.8) is 0 Å². The van der Waals surface area contributed by atoms with Crippen LogP contribution < -0.4 is 5.73 Å². The van der Waals surface area contributed by atoms with Gasteiger partial charge in [-0.05, 0) is 49.4 Å². The van der Waals surface area contributed by atoms with Gasteiger partial charge in [-0.1, -0.05) is 19.3 Å². The Morgan fingerprint density at radius 3 is 2.68 bits per heavy atom. The Hall–Kier alpha value is -2.36. The maximum Gasteiger partial charge on any atom is 0.259 e. The minimum Gasteiger partial charge on any atom is -0.366 e. The van der Waals surface area contributed by atoms with E-state index in [1.165, 1.54) is 11.3 Å². The van der Waals surface area contributed by atoms with Gasteiger partial charge in [-0.2, -0.15) is 5.10 Å². The molecule has 2 aromatic heterocycles. The lowest BCUT2D eigenvalue weighted by molar-refractivity contribution is -0.139. The maximum absolute atomic E-state index is 14.1. The summed E-state index contributed by atoms with van der Waals surface area (Å²) in [6.07, 6.45) is 4.43. The Balaban J connectivity index is 1.57. The van der Waals surface area contributed by atoms with E-state index in [1.807, 2.05) is 25.1 Å². The molecule has 2 saturated heterocycles. The summed E-state index contributed by atoms with van der Waals surface area (Å²) in [5.74, 6) is -1.40. The molecule has 4 atom stereocenters. The average molecular weight is 503 g/mol. The summed E-state index contributed by atoms with van der Waals surface area (Å²) < 4.78 is 5.58. The predicted octanol–water partition coefficient (Wildman–Crippen LogP) is 3.06. The number of aryl methyl sites for hydroxylation is 1. The Morgan fingerprint density at radius 2 is 2.00 bits per heavy atom. The molecule has 34 heavy (non-hydrogen) atoms. The van der Waals surface area contributed by atoms with Crippen molar-refractivity contribution in [2.24, 2.45) is 11.7 Å². The highest BCUT2D eigenvalue weighted by Gasteiger charge is 2.53. The fraction of sp³-hybridized carbons (Fsp3) is 0.542. The van der Waals surface area contributed by atoms with Crippen molar-refractivity contribution in [3.8, 4) is 10.6 Å². The molecule has 0 spiro atoms. The van der Waals surface area contributed by atoms with Crippen LogP contribution in [0.15, 0.2) is 18.2 Å². The molecule has 180 valence electrons. The fourth-order valence-corrected chi connectivity index (χ4v) is 6.93. The number of likely N-dealkylation sites (tertiary alicyclic amines) is 1. The summed E-state index contributed by atoms with van der Waals surface area (Å²) in [5.41, 5.74) is 7.83. The Morgan fingerprint density at radius 1 is 1.24 bits per heavy atom. The number of ketones is 1. The average Bonchev–Trinajstić information content (AvgIpc) is 3.52. The highest BCUT2D eigenvalue weighted by atomic mass is 35.5. The monoisotopic (exact) mass is 502 g/mol. The SMILES string of the molecule is Cc1ccc(-c2cc([C@@H](C(=O)N3C[C@H](Cl)[C@H]4OCC(=O)[C@H]43)C3CCCCC3)c(C(N)=O)s2)nn1. The van der Waals surface area contributed by atoms with Crippen molar-refractivity contribution in [1.29, 1.82) is 0 Å². The van der Waals surface area contributed by atoms with Gasteiger partial charge in [0.1, 0.15) is 24.4 Å². The number of halogens is 1. The van der Waals surface area contributed by atoms with Crippen molar-refractivity contribution >= 4 is 40.5 Å². The molecule has 8 nitrogen and oxygen atoms in total. The summed E-state index contributed by atoms with van der Waals surface area (Å²) in [7, 11) is 0. The standard InChI is InChI=1S/C24H27ClN4O4S/c1-12-7-8-16(28-27-12)18-9-14(22(34-18)23(26)31)19(13-5-3-2-4-6-13)24(32)29-10-15(25)21-20(29)17(30)11-33-21/h7-9,13,15,19-21H,2-6,10-11H2,1H3,(H2,26,31)/t15-,19-,20+,21+/m0/s1. The first-order valence-corrected chi connectivity index (χ1v) is 12.9. The molecule has 1 saturated carbocycles.